The van der Waals surface area contributed by atoms with Gasteiger partial charge in [0.15, 0.2) is 5.78 Å². The summed E-state index contributed by atoms with van der Waals surface area (Å²) in [5.41, 5.74) is 9.34. The highest BCUT2D eigenvalue weighted by molar-refractivity contribution is 5.96. The zero-order valence-electron chi connectivity index (χ0n) is 22.6. The van der Waals surface area contributed by atoms with Gasteiger partial charge in [0.2, 0.25) is 11.8 Å². The Bertz CT molecular complexity index is 1170. The number of carboxylic acids is 1. The average molecular weight is 534 g/mol. The lowest BCUT2D eigenvalue weighted by Crippen LogP contribution is -2.51. The van der Waals surface area contributed by atoms with Crippen LogP contribution in [0.5, 0.6) is 0 Å². The largest absolute Gasteiger partial charge is 0.481 e. The fourth-order valence-corrected chi connectivity index (χ4v) is 6.06. The number of Topliss-reactive ketones (excluding diaryl/α,β-unsaturated/α-hetero) is 1. The number of nitrogens with two attached hydrogens (primary N) is 1. The summed E-state index contributed by atoms with van der Waals surface area (Å²) in [5.74, 6) is -2.58. The van der Waals surface area contributed by atoms with Gasteiger partial charge in [0.1, 0.15) is 0 Å². The van der Waals surface area contributed by atoms with Crippen molar-refractivity contribution in [3.05, 3.63) is 71.3 Å². The van der Waals surface area contributed by atoms with Crippen molar-refractivity contribution in [1.29, 1.82) is 0 Å². The van der Waals surface area contributed by atoms with E-state index in [4.69, 9.17) is 5.73 Å². The second kappa shape index (κ2) is 13.0. The van der Waals surface area contributed by atoms with Gasteiger partial charge < -0.3 is 21.1 Å². The van der Waals surface area contributed by atoms with E-state index in [9.17, 15) is 24.3 Å². The van der Waals surface area contributed by atoms with Crippen LogP contribution in [-0.2, 0) is 32.0 Å². The van der Waals surface area contributed by atoms with Crippen molar-refractivity contribution in [2.45, 2.75) is 76.4 Å². The third-order valence-corrected chi connectivity index (χ3v) is 8.07. The van der Waals surface area contributed by atoms with Gasteiger partial charge in [-0.15, -0.1) is 0 Å². The Hall–Kier alpha value is -3.52. The molecule has 0 aromatic heterocycles. The molecule has 4 N–H and O–H groups in total. The van der Waals surface area contributed by atoms with Crippen molar-refractivity contribution in [3.63, 3.8) is 0 Å². The molecule has 2 amide bonds. The quantitative estimate of drug-likeness (QED) is 0.407. The summed E-state index contributed by atoms with van der Waals surface area (Å²) in [5, 5.41) is 12.3. The lowest BCUT2D eigenvalue weighted by Gasteiger charge is -2.30. The molecule has 2 aliphatic rings. The Labute approximate surface area is 230 Å². The monoisotopic (exact) mass is 533 g/mol. The summed E-state index contributed by atoms with van der Waals surface area (Å²) in [4.78, 5) is 53.5. The number of ketones is 1. The maximum Gasteiger partial charge on any atom is 0.305 e. The number of likely N-dealkylation sites (tertiary alicyclic amines) is 1. The van der Waals surface area contributed by atoms with Crippen molar-refractivity contribution < 1.29 is 24.3 Å². The molecule has 0 radical (unpaired) electrons. The van der Waals surface area contributed by atoms with E-state index in [0.717, 1.165) is 29.5 Å². The van der Waals surface area contributed by atoms with Gasteiger partial charge in [-0.25, -0.2) is 0 Å². The molecule has 1 aliphatic carbocycles. The van der Waals surface area contributed by atoms with Crippen molar-refractivity contribution in [2.24, 2.45) is 17.6 Å². The maximum atomic E-state index is 13.7. The molecule has 5 atom stereocenters. The lowest BCUT2D eigenvalue weighted by molar-refractivity contribution is -0.142. The molecule has 208 valence electrons. The van der Waals surface area contributed by atoms with E-state index in [2.05, 4.69) is 5.32 Å². The normalized spacial score (nSPS) is 22.3. The van der Waals surface area contributed by atoms with Crippen molar-refractivity contribution in [3.8, 4) is 0 Å². The standard InChI is InChI=1S/C31H39N3O5/c1-20-12-14-22(15-13-20)18-26(32)31(39)34-16-6-11-27(34)29(37)24-9-5-10-25(24)30(38)33-23(19-28(35)36)17-21-7-3-2-4-8-21/h2-4,7-8,12-15,23-27H,5-6,9-11,16-19,32H2,1H3,(H,33,38)(H,35,36)/t23-,24?,25+,26-,27-/m0/s1. The number of carbonyl (C=O) groups excluding carboxylic acids is 3. The molecule has 1 saturated carbocycles. The maximum absolute atomic E-state index is 13.7. The van der Waals surface area contributed by atoms with Crippen LogP contribution >= 0.6 is 0 Å². The highest BCUT2D eigenvalue weighted by atomic mass is 16.4. The molecular formula is C31H39N3O5. The minimum Gasteiger partial charge on any atom is -0.481 e. The number of nitrogens with one attached hydrogen (secondary N) is 1. The second-order valence-corrected chi connectivity index (χ2v) is 11.0. The van der Waals surface area contributed by atoms with Crippen molar-refractivity contribution >= 4 is 23.6 Å². The summed E-state index contributed by atoms with van der Waals surface area (Å²) < 4.78 is 0. The van der Waals surface area contributed by atoms with E-state index >= 15 is 0 Å². The van der Waals surface area contributed by atoms with Crippen molar-refractivity contribution in [2.75, 3.05) is 6.54 Å². The number of nitrogens with zero attached hydrogens (tertiary/aromatic N) is 1. The smallest absolute Gasteiger partial charge is 0.305 e. The van der Waals surface area contributed by atoms with Crippen molar-refractivity contribution in [1.82, 2.24) is 10.2 Å². The number of amides is 2. The molecule has 8 nitrogen and oxygen atoms in total. The zero-order chi connectivity index (χ0) is 27.9. The minimum absolute atomic E-state index is 0.0705. The Morgan fingerprint density at radius 3 is 2.28 bits per heavy atom. The third kappa shape index (κ3) is 7.32. The van der Waals surface area contributed by atoms with Crippen LogP contribution in [0.4, 0.5) is 0 Å². The highest BCUT2D eigenvalue weighted by Crippen LogP contribution is 2.36. The topological polar surface area (TPSA) is 130 Å². The molecule has 4 rings (SSSR count). The summed E-state index contributed by atoms with van der Waals surface area (Å²) in [7, 11) is 0. The van der Waals surface area contributed by atoms with Gasteiger partial charge in [-0.05, 0) is 56.6 Å². The molecule has 1 saturated heterocycles. The molecule has 1 heterocycles. The Morgan fingerprint density at radius 2 is 1.59 bits per heavy atom. The van der Waals surface area contributed by atoms with Gasteiger partial charge in [0.05, 0.1) is 18.5 Å². The minimum atomic E-state index is -0.989. The lowest BCUT2D eigenvalue weighted by atomic mass is 9.86. The van der Waals surface area contributed by atoms with Gasteiger partial charge in [0, 0.05) is 24.4 Å². The molecule has 2 fully saturated rings. The first-order chi connectivity index (χ1) is 18.7. The number of carboxylic acid groups (broad SMARTS) is 1. The van der Waals surface area contributed by atoms with Crippen LogP contribution in [0.2, 0.25) is 0 Å². The number of aliphatic carboxylic acids is 1. The van der Waals surface area contributed by atoms with Crippen LogP contribution in [0.1, 0.15) is 55.2 Å². The van der Waals surface area contributed by atoms with E-state index in [1.165, 1.54) is 0 Å². The van der Waals surface area contributed by atoms with E-state index in [-0.39, 0.29) is 24.0 Å². The van der Waals surface area contributed by atoms with E-state index in [0.29, 0.717) is 38.6 Å². The van der Waals surface area contributed by atoms with Gasteiger partial charge in [-0.1, -0.05) is 66.6 Å². The Kier molecular flexibility index (Phi) is 9.51. The Morgan fingerprint density at radius 1 is 0.923 bits per heavy atom. The molecule has 1 aliphatic heterocycles. The molecule has 2 aromatic carbocycles. The van der Waals surface area contributed by atoms with Crippen LogP contribution in [0.25, 0.3) is 0 Å². The number of carbonyl (C=O) groups is 4. The molecule has 8 heteroatoms. The summed E-state index contributed by atoms with van der Waals surface area (Å²) in [6.07, 6.45) is 3.79. The zero-order valence-corrected chi connectivity index (χ0v) is 22.6. The summed E-state index contributed by atoms with van der Waals surface area (Å²) >= 11 is 0. The number of rotatable bonds is 11. The first-order valence-corrected chi connectivity index (χ1v) is 13.9. The van der Waals surface area contributed by atoms with E-state index in [1.807, 2.05) is 61.5 Å². The number of hydrogen-bond donors (Lipinski definition) is 3. The van der Waals surface area contributed by atoms with Gasteiger partial charge >= 0.3 is 5.97 Å². The molecule has 0 bridgehead atoms. The van der Waals surface area contributed by atoms with Crippen LogP contribution < -0.4 is 11.1 Å². The van der Waals surface area contributed by atoms with E-state index in [1.54, 1.807) is 4.90 Å². The third-order valence-electron chi connectivity index (χ3n) is 8.07. The second-order valence-electron chi connectivity index (χ2n) is 11.0. The molecule has 0 spiro atoms. The predicted molar refractivity (Wildman–Crippen MR) is 148 cm³/mol. The fourth-order valence-electron chi connectivity index (χ4n) is 6.06. The van der Waals surface area contributed by atoms with Crippen LogP contribution in [0.15, 0.2) is 54.6 Å². The number of benzene rings is 2. The van der Waals surface area contributed by atoms with Crippen LogP contribution in [-0.4, -0.2) is 58.2 Å². The average Bonchev–Trinajstić information content (AvgIpc) is 3.60. The number of aryl methyl sites for hydroxylation is 1. The first-order valence-electron chi connectivity index (χ1n) is 13.9. The van der Waals surface area contributed by atoms with Crippen LogP contribution in [0.3, 0.4) is 0 Å². The molecule has 1 unspecified atom stereocenters. The van der Waals surface area contributed by atoms with Crippen LogP contribution in [0, 0.1) is 18.8 Å². The molecular weight excluding hydrogens is 494 g/mol. The predicted octanol–water partition coefficient (Wildman–Crippen LogP) is 3.04. The Balaban J connectivity index is 1.40. The fraction of sp³-hybridized carbons (Fsp3) is 0.484. The van der Waals surface area contributed by atoms with E-state index < -0.39 is 35.9 Å². The number of hydrogen-bond acceptors (Lipinski definition) is 5. The SMILES string of the molecule is Cc1ccc(C[C@H](N)C(=O)N2CCC[C@H]2C(=O)C2CCC[C@H]2C(=O)N[C@H](CC(=O)O)Cc2ccccc2)cc1. The molecule has 2 aromatic rings. The first kappa shape index (κ1) is 28.5. The van der Waals surface area contributed by atoms with Gasteiger partial charge in [-0.3, -0.25) is 19.2 Å². The van der Waals surface area contributed by atoms with Gasteiger partial charge in [-0.2, -0.15) is 0 Å². The summed E-state index contributed by atoms with van der Waals surface area (Å²) in [6, 6.07) is 15.5. The summed E-state index contributed by atoms with van der Waals surface area (Å²) in [6.45, 7) is 2.49. The van der Waals surface area contributed by atoms with Gasteiger partial charge in [0.25, 0.3) is 0 Å². The highest BCUT2D eigenvalue weighted by Gasteiger charge is 2.45. The molecule has 39 heavy (non-hydrogen) atoms.